The predicted octanol–water partition coefficient (Wildman–Crippen LogP) is 1.21. The topological polar surface area (TPSA) is 134 Å². The third-order valence-corrected chi connectivity index (χ3v) is 6.28. The van der Waals surface area contributed by atoms with Crippen LogP contribution in [0.1, 0.15) is 28.8 Å². The minimum atomic E-state index is -1.68. The van der Waals surface area contributed by atoms with Crippen LogP contribution in [-0.4, -0.2) is 67.5 Å². The number of nitrogens with one attached hydrogen (secondary N) is 2. The van der Waals surface area contributed by atoms with Gasteiger partial charge in [-0.05, 0) is 36.8 Å². The lowest BCUT2D eigenvalue weighted by atomic mass is 9.97. The number of ether oxygens (including phenoxy) is 2. The van der Waals surface area contributed by atoms with Gasteiger partial charge in [-0.1, -0.05) is 18.2 Å². The summed E-state index contributed by atoms with van der Waals surface area (Å²) in [5, 5.41) is 5.04. The predicted molar refractivity (Wildman–Crippen MR) is 128 cm³/mol. The molecule has 4 amide bonds. The maximum Gasteiger partial charge on any atom is 0.354 e. The van der Waals surface area contributed by atoms with E-state index in [1.807, 2.05) is 13.0 Å². The van der Waals surface area contributed by atoms with Crippen LogP contribution in [0.3, 0.4) is 0 Å². The number of anilines is 2. The van der Waals surface area contributed by atoms with Crippen molar-refractivity contribution in [1.82, 2.24) is 10.2 Å². The molecule has 2 heterocycles. The molecule has 11 heteroatoms. The van der Waals surface area contributed by atoms with Crippen LogP contribution in [0.5, 0.6) is 5.75 Å². The van der Waals surface area contributed by atoms with Crippen molar-refractivity contribution in [3.05, 3.63) is 53.6 Å². The van der Waals surface area contributed by atoms with Crippen molar-refractivity contribution in [2.45, 2.75) is 25.4 Å². The molecule has 36 heavy (non-hydrogen) atoms. The molecule has 1 unspecified atom stereocenters. The Bertz CT molecular complexity index is 1260. The Balaban J connectivity index is 1.39. The van der Waals surface area contributed by atoms with Crippen molar-refractivity contribution in [2.75, 3.05) is 37.5 Å². The standard InChI is InChI=1S/C25H26N4O7/c1-15-8-9-19(35-3)17(12-15)27-20(30)13-26-21(31)14-36-24(34)25-11-10-22(32)29(25)18-7-5-4-6-16(18)23(33)28(25)2/h4-9,12H,10-11,13-14H2,1-3H3,(H,26,31)(H,27,30). The lowest BCUT2D eigenvalue weighted by Crippen LogP contribution is -2.67. The fourth-order valence-corrected chi connectivity index (χ4v) is 4.48. The van der Waals surface area contributed by atoms with Crippen LogP contribution in [0.4, 0.5) is 11.4 Å². The Hall–Kier alpha value is -4.41. The fraction of sp³-hybridized carbons (Fsp3) is 0.320. The molecule has 2 aliphatic heterocycles. The minimum Gasteiger partial charge on any atom is -0.495 e. The summed E-state index contributed by atoms with van der Waals surface area (Å²) in [6, 6.07) is 11.8. The van der Waals surface area contributed by atoms with Crippen LogP contribution in [-0.2, 0) is 23.9 Å². The largest absolute Gasteiger partial charge is 0.495 e. The molecular weight excluding hydrogens is 468 g/mol. The van der Waals surface area contributed by atoms with Crippen LogP contribution in [0.15, 0.2) is 42.5 Å². The second-order valence-electron chi connectivity index (χ2n) is 8.53. The quantitative estimate of drug-likeness (QED) is 0.553. The highest BCUT2D eigenvalue weighted by molar-refractivity contribution is 6.15. The molecule has 2 N–H and O–H groups in total. The molecule has 188 valence electrons. The lowest BCUT2D eigenvalue weighted by molar-refractivity contribution is -0.159. The Kier molecular flexibility index (Phi) is 6.65. The molecule has 11 nitrogen and oxygen atoms in total. The highest BCUT2D eigenvalue weighted by Crippen LogP contribution is 2.44. The molecule has 1 saturated heterocycles. The normalized spacial score (nSPS) is 18.3. The van der Waals surface area contributed by atoms with Gasteiger partial charge in [0, 0.05) is 19.9 Å². The summed E-state index contributed by atoms with van der Waals surface area (Å²) in [7, 11) is 2.90. The number of benzene rings is 2. The van der Waals surface area contributed by atoms with Crippen LogP contribution in [0.2, 0.25) is 0 Å². The van der Waals surface area contributed by atoms with E-state index in [-0.39, 0.29) is 25.3 Å². The maximum absolute atomic E-state index is 13.2. The van der Waals surface area contributed by atoms with E-state index in [1.165, 1.54) is 24.0 Å². The van der Waals surface area contributed by atoms with Gasteiger partial charge in [-0.25, -0.2) is 4.79 Å². The van der Waals surface area contributed by atoms with E-state index in [9.17, 15) is 24.0 Å². The zero-order valence-corrected chi connectivity index (χ0v) is 20.1. The fourth-order valence-electron chi connectivity index (χ4n) is 4.48. The highest BCUT2D eigenvalue weighted by atomic mass is 16.5. The zero-order valence-electron chi connectivity index (χ0n) is 20.1. The van der Waals surface area contributed by atoms with E-state index in [2.05, 4.69) is 10.6 Å². The monoisotopic (exact) mass is 494 g/mol. The Morgan fingerprint density at radius 1 is 1.08 bits per heavy atom. The second kappa shape index (κ2) is 9.68. The number of methoxy groups -OCH3 is 1. The number of aryl methyl sites for hydroxylation is 1. The van der Waals surface area contributed by atoms with Gasteiger partial charge in [-0.3, -0.25) is 24.1 Å². The van der Waals surface area contributed by atoms with E-state index in [1.54, 1.807) is 36.4 Å². The number of likely N-dealkylation sites (N-methyl/N-ethyl adjacent to an activating group) is 1. The second-order valence-corrected chi connectivity index (χ2v) is 8.53. The molecule has 0 bridgehead atoms. The van der Waals surface area contributed by atoms with Gasteiger partial charge in [-0.15, -0.1) is 0 Å². The highest BCUT2D eigenvalue weighted by Gasteiger charge is 2.60. The summed E-state index contributed by atoms with van der Waals surface area (Å²) >= 11 is 0. The lowest BCUT2D eigenvalue weighted by Gasteiger charge is -2.46. The molecule has 0 aliphatic carbocycles. The van der Waals surface area contributed by atoms with Gasteiger partial charge in [0.25, 0.3) is 11.8 Å². The van der Waals surface area contributed by atoms with E-state index in [0.717, 1.165) is 5.56 Å². The first-order valence-electron chi connectivity index (χ1n) is 11.3. The molecule has 2 aliphatic rings. The number of nitrogens with zero attached hydrogens (tertiary/aromatic N) is 2. The zero-order chi connectivity index (χ0) is 26.0. The average Bonchev–Trinajstić information content (AvgIpc) is 3.23. The molecule has 2 aromatic carbocycles. The van der Waals surface area contributed by atoms with Gasteiger partial charge < -0.3 is 25.0 Å². The minimum absolute atomic E-state index is 0.0313. The van der Waals surface area contributed by atoms with Gasteiger partial charge >= 0.3 is 5.97 Å². The van der Waals surface area contributed by atoms with Crippen molar-refractivity contribution < 1.29 is 33.4 Å². The average molecular weight is 495 g/mol. The van der Waals surface area contributed by atoms with Crippen LogP contribution in [0.25, 0.3) is 0 Å². The smallest absolute Gasteiger partial charge is 0.354 e. The van der Waals surface area contributed by atoms with Crippen LogP contribution >= 0.6 is 0 Å². The van der Waals surface area contributed by atoms with Gasteiger partial charge in [0.2, 0.25) is 17.5 Å². The van der Waals surface area contributed by atoms with Crippen molar-refractivity contribution in [3.8, 4) is 5.75 Å². The third-order valence-electron chi connectivity index (χ3n) is 6.28. The molecule has 1 atom stereocenters. The molecule has 0 spiro atoms. The summed E-state index contributed by atoms with van der Waals surface area (Å²) in [5.41, 5.74) is 0.315. The first-order chi connectivity index (χ1) is 17.2. The number of hydrogen-bond acceptors (Lipinski definition) is 7. The van der Waals surface area contributed by atoms with E-state index >= 15 is 0 Å². The molecule has 0 radical (unpaired) electrons. The molecule has 2 aromatic rings. The number of fused-ring (bicyclic) bond motifs is 3. The number of hydrogen-bond donors (Lipinski definition) is 2. The number of rotatable bonds is 7. The Morgan fingerprint density at radius 3 is 2.58 bits per heavy atom. The van der Waals surface area contributed by atoms with Gasteiger partial charge in [0.15, 0.2) is 6.61 Å². The number of carbonyl (C=O) groups is 5. The summed E-state index contributed by atoms with van der Waals surface area (Å²) < 4.78 is 10.5. The number of para-hydroxylation sites is 1. The number of esters is 1. The van der Waals surface area contributed by atoms with E-state index < -0.39 is 36.0 Å². The molecule has 1 fully saturated rings. The summed E-state index contributed by atoms with van der Waals surface area (Å²) in [6.45, 7) is 0.808. The van der Waals surface area contributed by atoms with Crippen LogP contribution in [0, 0.1) is 6.92 Å². The Morgan fingerprint density at radius 2 is 1.83 bits per heavy atom. The number of amides is 4. The van der Waals surface area contributed by atoms with Gasteiger partial charge in [-0.2, -0.15) is 0 Å². The SMILES string of the molecule is COc1ccc(C)cc1NC(=O)CNC(=O)COC(=O)C12CCC(=O)N1c1ccccc1C(=O)N2C. The van der Waals surface area contributed by atoms with Gasteiger partial charge in [0.05, 0.1) is 30.6 Å². The summed E-state index contributed by atoms with van der Waals surface area (Å²) in [6.07, 6.45) is 0.0689. The molecule has 0 aromatic heterocycles. The first-order valence-corrected chi connectivity index (χ1v) is 11.3. The third kappa shape index (κ3) is 4.23. The van der Waals surface area contributed by atoms with Crippen LogP contribution < -0.4 is 20.3 Å². The molecule has 4 rings (SSSR count). The Labute approximate surface area is 207 Å². The summed E-state index contributed by atoms with van der Waals surface area (Å²) in [4.78, 5) is 65.9. The van der Waals surface area contributed by atoms with Crippen molar-refractivity contribution in [1.29, 1.82) is 0 Å². The molecule has 0 saturated carbocycles. The van der Waals surface area contributed by atoms with Crippen molar-refractivity contribution >= 4 is 41.0 Å². The van der Waals surface area contributed by atoms with Gasteiger partial charge in [0.1, 0.15) is 5.75 Å². The van der Waals surface area contributed by atoms with Crippen molar-refractivity contribution in [3.63, 3.8) is 0 Å². The molecular formula is C25H26N4O7. The maximum atomic E-state index is 13.2. The van der Waals surface area contributed by atoms with E-state index in [4.69, 9.17) is 9.47 Å². The van der Waals surface area contributed by atoms with E-state index in [0.29, 0.717) is 22.7 Å². The summed E-state index contributed by atoms with van der Waals surface area (Å²) in [5.74, 6) is -2.40. The number of carbonyl (C=O) groups excluding carboxylic acids is 5. The van der Waals surface area contributed by atoms with Crippen molar-refractivity contribution in [2.24, 2.45) is 0 Å². The first kappa shape index (κ1) is 24.7.